The fourth-order valence-electron chi connectivity index (χ4n) is 3.67. The highest BCUT2D eigenvalue weighted by molar-refractivity contribution is 6.00. The maximum Gasteiger partial charge on any atom is 0.471 e. The van der Waals surface area contributed by atoms with E-state index in [1.807, 2.05) is 24.3 Å². The van der Waals surface area contributed by atoms with Gasteiger partial charge < -0.3 is 15.5 Å². The zero-order chi connectivity index (χ0) is 23.3. The predicted octanol–water partition coefficient (Wildman–Crippen LogP) is 2.76. The molecule has 2 aromatic carbocycles. The molecule has 0 aromatic heterocycles. The first kappa shape index (κ1) is 23.3. The van der Waals surface area contributed by atoms with E-state index in [0.29, 0.717) is 12.1 Å². The molecule has 0 unspecified atom stereocenters. The van der Waals surface area contributed by atoms with Crippen LogP contribution in [0.15, 0.2) is 54.6 Å². The molecule has 0 radical (unpaired) electrons. The fourth-order valence-corrected chi connectivity index (χ4v) is 3.67. The van der Waals surface area contributed by atoms with Gasteiger partial charge in [-0.05, 0) is 37.0 Å². The van der Waals surface area contributed by atoms with Gasteiger partial charge in [0.1, 0.15) is 12.1 Å². The summed E-state index contributed by atoms with van der Waals surface area (Å²) in [5.41, 5.74) is 2.35. The van der Waals surface area contributed by atoms with E-state index in [0.717, 1.165) is 24.1 Å². The Morgan fingerprint density at radius 3 is 2.34 bits per heavy atom. The van der Waals surface area contributed by atoms with Gasteiger partial charge in [-0.1, -0.05) is 48.5 Å². The van der Waals surface area contributed by atoms with Crippen molar-refractivity contribution < 1.29 is 27.6 Å². The molecule has 1 aliphatic rings. The van der Waals surface area contributed by atoms with Crippen LogP contribution in [0.5, 0.6) is 0 Å². The van der Waals surface area contributed by atoms with Crippen molar-refractivity contribution >= 4 is 23.4 Å². The molecule has 9 heteroatoms. The second kappa shape index (κ2) is 9.84. The van der Waals surface area contributed by atoms with Crippen molar-refractivity contribution in [3.8, 4) is 0 Å². The van der Waals surface area contributed by atoms with E-state index in [9.17, 15) is 27.6 Å². The first-order valence-corrected chi connectivity index (χ1v) is 10.3. The molecule has 6 nitrogen and oxygen atoms in total. The SMILES string of the molecule is C[C@@H](NC(=O)[C@H](Cc1ccccc1)NC(=O)C(F)(F)F)C(=O)N1CCCc2ccccc21. The maximum absolute atomic E-state index is 13.0. The Hall–Kier alpha value is -3.36. The first-order chi connectivity index (χ1) is 15.2. The monoisotopic (exact) mass is 447 g/mol. The molecule has 0 saturated carbocycles. The van der Waals surface area contributed by atoms with Gasteiger partial charge in [-0.15, -0.1) is 0 Å². The molecule has 170 valence electrons. The summed E-state index contributed by atoms with van der Waals surface area (Å²) in [4.78, 5) is 38.8. The van der Waals surface area contributed by atoms with Gasteiger partial charge in [0.15, 0.2) is 0 Å². The van der Waals surface area contributed by atoms with E-state index in [-0.39, 0.29) is 12.3 Å². The van der Waals surface area contributed by atoms with Crippen molar-refractivity contribution in [3.05, 3.63) is 65.7 Å². The number of para-hydroxylation sites is 1. The van der Waals surface area contributed by atoms with Crippen LogP contribution < -0.4 is 15.5 Å². The maximum atomic E-state index is 13.0. The van der Waals surface area contributed by atoms with Crippen LogP contribution in [0.3, 0.4) is 0 Å². The smallest absolute Gasteiger partial charge is 0.343 e. The lowest BCUT2D eigenvalue weighted by Gasteiger charge is -2.32. The summed E-state index contributed by atoms with van der Waals surface area (Å²) >= 11 is 0. The van der Waals surface area contributed by atoms with Crippen molar-refractivity contribution in [2.75, 3.05) is 11.4 Å². The molecule has 3 amide bonds. The lowest BCUT2D eigenvalue weighted by molar-refractivity contribution is -0.174. The molecule has 1 heterocycles. The van der Waals surface area contributed by atoms with Crippen LogP contribution in [0, 0.1) is 0 Å². The minimum Gasteiger partial charge on any atom is -0.343 e. The van der Waals surface area contributed by atoms with Gasteiger partial charge in [0.25, 0.3) is 0 Å². The van der Waals surface area contributed by atoms with Gasteiger partial charge in [-0.2, -0.15) is 13.2 Å². The largest absolute Gasteiger partial charge is 0.471 e. The third kappa shape index (κ3) is 5.66. The zero-order valence-electron chi connectivity index (χ0n) is 17.5. The van der Waals surface area contributed by atoms with Crippen molar-refractivity contribution in [1.82, 2.24) is 10.6 Å². The highest BCUT2D eigenvalue weighted by Crippen LogP contribution is 2.27. The van der Waals surface area contributed by atoms with Gasteiger partial charge in [0.05, 0.1) is 0 Å². The Bertz CT molecular complexity index is 979. The van der Waals surface area contributed by atoms with E-state index >= 15 is 0 Å². The number of anilines is 1. The number of nitrogens with zero attached hydrogens (tertiary/aromatic N) is 1. The van der Waals surface area contributed by atoms with Crippen LogP contribution in [0.2, 0.25) is 0 Å². The Morgan fingerprint density at radius 2 is 1.66 bits per heavy atom. The number of hydrogen-bond donors (Lipinski definition) is 2. The van der Waals surface area contributed by atoms with E-state index < -0.39 is 30.1 Å². The standard InChI is InChI=1S/C23H24F3N3O3/c1-15(21(31)29-13-7-11-17-10-5-6-12-19(17)29)27-20(30)18(28-22(32)23(24,25)26)14-16-8-3-2-4-9-16/h2-6,8-10,12,15,18H,7,11,13-14H2,1H3,(H,27,30)(H,28,32)/t15-,18+/m1/s1. The number of rotatable bonds is 6. The molecule has 32 heavy (non-hydrogen) atoms. The summed E-state index contributed by atoms with van der Waals surface area (Å²) in [5.74, 6) is -3.44. The zero-order valence-corrected chi connectivity index (χ0v) is 17.5. The van der Waals surface area contributed by atoms with Crippen molar-refractivity contribution in [2.45, 2.75) is 44.4 Å². The van der Waals surface area contributed by atoms with Crippen LogP contribution in [-0.2, 0) is 27.2 Å². The normalized spacial score (nSPS) is 15.3. The molecular weight excluding hydrogens is 423 g/mol. The lowest BCUT2D eigenvalue weighted by Crippen LogP contribution is -2.56. The number of amides is 3. The average molecular weight is 447 g/mol. The van der Waals surface area contributed by atoms with Crippen LogP contribution in [-0.4, -0.2) is 42.5 Å². The van der Waals surface area contributed by atoms with Crippen LogP contribution in [0.25, 0.3) is 0 Å². The molecular formula is C23H24F3N3O3. The molecule has 0 saturated heterocycles. The van der Waals surface area contributed by atoms with Gasteiger partial charge in [-0.25, -0.2) is 0 Å². The van der Waals surface area contributed by atoms with Gasteiger partial charge in [0.2, 0.25) is 11.8 Å². The highest BCUT2D eigenvalue weighted by Gasteiger charge is 2.41. The molecule has 2 N–H and O–H groups in total. The minimum atomic E-state index is -5.13. The number of halogens is 3. The summed E-state index contributed by atoms with van der Waals surface area (Å²) in [5, 5.41) is 4.22. The summed E-state index contributed by atoms with van der Waals surface area (Å²) < 4.78 is 38.3. The van der Waals surface area contributed by atoms with Crippen LogP contribution >= 0.6 is 0 Å². The van der Waals surface area contributed by atoms with Crippen LogP contribution in [0.4, 0.5) is 18.9 Å². The summed E-state index contributed by atoms with van der Waals surface area (Å²) in [6.45, 7) is 1.96. The Balaban J connectivity index is 1.73. The Labute approximate surface area is 183 Å². The first-order valence-electron chi connectivity index (χ1n) is 10.3. The second-order valence-corrected chi connectivity index (χ2v) is 7.67. The Kier molecular flexibility index (Phi) is 7.17. The molecule has 2 atom stereocenters. The molecule has 2 aromatic rings. The highest BCUT2D eigenvalue weighted by atomic mass is 19.4. The van der Waals surface area contributed by atoms with E-state index in [1.165, 1.54) is 6.92 Å². The van der Waals surface area contributed by atoms with Gasteiger partial charge >= 0.3 is 12.1 Å². The molecule has 0 fully saturated rings. The third-order valence-corrected chi connectivity index (χ3v) is 5.27. The fraction of sp³-hybridized carbons (Fsp3) is 0.348. The number of alkyl halides is 3. The van der Waals surface area contributed by atoms with Crippen molar-refractivity contribution in [2.24, 2.45) is 0 Å². The summed E-state index contributed by atoms with van der Waals surface area (Å²) in [6, 6.07) is 13.3. The van der Waals surface area contributed by atoms with Crippen LogP contribution in [0.1, 0.15) is 24.5 Å². The van der Waals surface area contributed by atoms with Crippen molar-refractivity contribution in [1.29, 1.82) is 0 Å². The van der Waals surface area contributed by atoms with E-state index in [1.54, 1.807) is 40.5 Å². The Morgan fingerprint density at radius 1 is 1.00 bits per heavy atom. The van der Waals surface area contributed by atoms with E-state index in [4.69, 9.17) is 0 Å². The van der Waals surface area contributed by atoms with E-state index in [2.05, 4.69) is 5.32 Å². The third-order valence-electron chi connectivity index (χ3n) is 5.27. The number of carbonyl (C=O) groups is 3. The summed E-state index contributed by atoms with van der Waals surface area (Å²) in [6.07, 6.45) is -3.68. The lowest BCUT2D eigenvalue weighted by atomic mass is 10.0. The topological polar surface area (TPSA) is 78.5 Å². The summed E-state index contributed by atoms with van der Waals surface area (Å²) in [7, 11) is 0. The van der Waals surface area contributed by atoms with Gasteiger partial charge in [-0.3, -0.25) is 14.4 Å². The number of nitrogens with one attached hydrogen (secondary N) is 2. The van der Waals surface area contributed by atoms with Gasteiger partial charge in [0, 0.05) is 18.7 Å². The second-order valence-electron chi connectivity index (χ2n) is 7.67. The number of carbonyl (C=O) groups excluding carboxylic acids is 3. The molecule has 0 spiro atoms. The predicted molar refractivity (Wildman–Crippen MR) is 113 cm³/mol. The number of benzene rings is 2. The molecule has 0 bridgehead atoms. The quantitative estimate of drug-likeness (QED) is 0.715. The number of hydrogen-bond acceptors (Lipinski definition) is 3. The minimum absolute atomic E-state index is 0.151. The van der Waals surface area contributed by atoms with Crippen molar-refractivity contribution in [3.63, 3.8) is 0 Å². The molecule has 0 aliphatic carbocycles. The number of fused-ring (bicyclic) bond motifs is 1. The molecule has 1 aliphatic heterocycles. The number of aryl methyl sites for hydroxylation is 1. The molecule has 3 rings (SSSR count). The average Bonchev–Trinajstić information content (AvgIpc) is 2.77.